The third kappa shape index (κ3) is 4.65. The molecule has 4 heteroatoms. The highest BCUT2D eigenvalue weighted by Crippen LogP contribution is 2.44. The van der Waals surface area contributed by atoms with Crippen LogP contribution < -0.4 is 5.32 Å². The molecule has 3 atom stereocenters. The van der Waals surface area contributed by atoms with Crippen LogP contribution in [0, 0.1) is 28.1 Å². The van der Waals surface area contributed by atoms with Gasteiger partial charge in [0.15, 0.2) is 0 Å². The molecular formula is C20H30N2O2. The second-order valence-electron chi connectivity index (χ2n) is 8.20. The van der Waals surface area contributed by atoms with Crippen molar-refractivity contribution in [2.75, 3.05) is 6.54 Å². The maximum atomic E-state index is 12.8. The van der Waals surface area contributed by atoms with Crippen molar-refractivity contribution in [1.29, 1.82) is 0 Å². The van der Waals surface area contributed by atoms with Gasteiger partial charge in [-0.05, 0) is 42.1 Å². The van der Waals surface area contributed by atoms with E-state index in [9.17, 15) is 9.70 Å². The third-order valence-electron chi connectivity index (χ3n) is 5.42. The quantitative estimate of drug-likeness (QED) is 0.768. The predicted molar refractivity (Wildman–Crippen MR) is 97.4 cm³/mol. The average Bonchev–Trinajstić information content (AvgIpc) is 2.55. The minimum Gasteiger partial charge on any atom is -0.353 e. The number of nitroso groups, excluding NO2 is 1. The van der Waals surface area contributed by atoms with Crippen molar-refractivity contribution in [1.82, 2.24) is 5.32 Å². The number of amides is 1. The van der Waals surface area contributed by atoms with Gasteiger partial charge in [0.2, 0.25) is 5.91 Å². The summed E-state index contributed by atoms with van der Waals surface area (Å²) in [7, 11) is 0. The number of nitrogens with one attached hydrogen (secondary N) is 1. The van der Waals surface area contributed by atoms with Gasteiger partial charge in [-0.3, -0.25) is 4.79 Å². The van der Waals surface area contributed by atoms with Crippen LogP contribution >= 0.6 is 0 Å². The van der Waals surface area contributed by atoms with Crippen molar-refractivity contribution >= 4 is 5.91 Å². The Hall–Kier alpha value is -1.71. The van der Waals surface area contributed by atoms with Gasteiger partial charge in [-0.2, -0.15) is 4.91 Å². The molecule has 3 unspecified atom stereocenters. The molecule has 4 nitrogen and oxygen atoms in total. The summed E-state index contributed by atoms with van der Waals surface area (Å²) >= 11 is 0. The van der Waals surface area contributed by atoms with Gasteiger partial charge in [-0.25, -0.2) is 0 Å². The van der Waals surface area contributed by atoms with Gasteiger partial charge < -0.3 is 5.32 Å². The molecule has 1 aliphatic rings. The number of benzene rings is 1. The Morgan fingerprint density at radius 1 is 1.29 bits per heavy atom. The van der Waals surface area contributed by atoms with E-state index in [2.05, 4.69) is 38.2 Å². The Labute approximate surface area is 145 Å². The van der Waals surface area contributed by atoms with Gasteiger partial charge in [0.1, 0.15) is 6.04 Å². The number of rotatable bonds is 6. The molecule has 2 rings (SSSR count). The lowest BCUT2D eigenvalue weighted by Gasteiger charge is -2.41. The zero-order valence-corrected chi connectivity index (χ0v) is 15.3. The molecule has 1 fully saturated rings. The number of nitrogens with zero attached hydrogens (tertiary/aromatic N) is 1. The number of carbonyl (C=O) groups is 1. The fourth-order valence-corrected chi connectivity index (χ4v) is 3.91. The first-order chi connectivity index (χ1) is 11.3. The Bertz CT molecular complexity index is 554. The van der Waals surface area contributed by atoms with Crippen LogP contribution in [0.5, 0.6) is 0 Å². The van der Waals surface area contributed by atoms with Crippen molar-refractivity contribution in [3.8, 4) is 0 Å². The van der Waals surface area contributed by atoms with E-state index >= 15 is 0 Å². The molecule has 1 aromatic rings. The zero-order valence-electron chi connectivity index (χ0n) is 15.3. The molecule has 0 aliphatic heterocycles. The van der Waals surface area contributed by atoms with Crippen LogP contribution in [0.1, 0.15) is 58.6 Å². The van der Waals surface area contributed by atoms with Gasteiger partial charge in [-0.1, -0.05) is 63.2 Å². The summed E-state index contributed by atoms with van der Waals surface area (Å²) in [5.41, 5.74) is 1.05. The standard InChI is InChI=1S/C20H30N2O2/c1-14(2)16-10-11-20(3,4)12-17(16)19(23)21-13-18(22-24)15-8-6-5-7-9-15/h5-9,14,16-18H,10-13H2,1-4H3,(H,21,23). The number of hydrogen-bond donors (Lipinski definition) is 1. The van der Waals surface area contributed by atoms with Crippen LogP contribution in [0.25, 0.3) is 0 Å². The second-order valence-corrected chi connectivity index (χ2v) is 8.20. The van der Waals surface area contributed by atoms with E-state index in [0.29, 0.717) is 11.8 Å². The Kier molecular flexibility index (Phi) is 6.14. The molecule has 0 radical (unpaired) electrons. The first-order valence-electron chi connectivity index (χ1n) is 8.99. The minimum absolute atomic E-state index is 0.0248. The molecular weight excluding hydrogens is 300 g/mol. The molecule has 1 aliphatic carbocycles. The summed E-state index contributed by atoms with van der Waals surface area (Å²) in [6, 6.07) is 8.89. The van der Waals surface area contributed by atoms with Crippen LogP contribution in [-0.2, 0) is 4.79 Å². The van der Waals surface area contributed by atoms with Crippen molar-refractivity contribution < 1.29 is 4.79 Å². The topological polar surface area (TPSA) is 58.5 Å². The average molecular weight is 330 g/mol. The summed E-state index contributed by atoms with van der Waals surface area (Å²) in [5.74, 6) is 1.01. The first kappa shape index (κ1) is 18.6. The van der Waals surface area contributed by atoms with Gasteiger partial charge in [0.25, 0.3) is 0 Å². The zero-order chi connectivity index (χ0) is 17.7. The largest absolute Gasteiger partial charge is 0.353 e. The van der Waals surface area contributed by atoms with Gasteiger partial charge in [-0.15, -0.1) is 0 Å². The highest BCUT2D eigenvalue weighted by atomic mass is 16.3. The normalized spacial score (nSPS) is 24.4. The molecule has 1 saturated carbocycles. The summed E-state index contributed by atoms with van der Waals surface area (Å²) in [5, 5.41) is 6.19. The monoisotopic (exact) mass is 330 g/mol. The van der Waals surface area contributed by atoms with E-state index in [4.69, 9.17) is 0 Å². The molecule has 0 aromatic heterocycles. The molecule has 0 saturated heterocycles. The number of carbonyl (C=O) groups excluding carboxylic acids is 1. The SMILES string of the molecule is CC(C)C1CCC(C)(C)CC1C(=O)NCC(N=O)c1ccccc1. The molecule has 1 amide bonds. The van der Waals surface area contributed by atoms with Gasteiger partial charge in [0, 0.05) is 12.5 Å². The van der Waals surface area contributed by atoms with Crippen LogP contribution in [-0.4, -0.2) is 12.5 Å². The first-order valence-corrected chi connectivity index (χ1v) is 8.99. The fraction of sp³-hybridized carbons (Fsp3) is 0.650. The van der Waals surface area contributed by atoms with Crippen LogP contribution in [0.3, 0.4) is 0 Å². The lowest BCUT2D eigenvalue weighted by atomic mass is 9.64. The van der Waals surface area contributed by atoms with E-state index < -0.39 is 6.04 Å². The van der Waals surface area contributed by atoms with Crippen LogP contribution in [0.15, 0.2) is 35.5 Å². The molecule has 0 heterocycles. The van der Waals surface area contributed by atoms with E-state index in [0.717, 1.165) is 18.4 Å². The minimum atomic E-state index is -0.524. The maximum Gasteiger partial charge on any atom is 0.223 e. The Morgan fingerprint density at radius 2 is 1.96 bits per heavy atom. The smallest absolute Gasteiger partial charge is 0.223 e. The van der Waals surface area contributed by atoms with E-state index in [1.165, 1.54) is 6.42 Å². The summed E-state index contributed by atoms with van der Waals surface area (Å²) in [6.07, 6.45) is 3.17. The van der Waals surface area contributed by atoms with Crippen molar-refractivity contribution in [2.45, 2.75) is 53.0 Å². The van der Waals surface area contributed by atoms with Gasteiger partial charge >= 0.3 is 0 Å². The summed E-state index contributed by atoms with van der Waals surface area (Å²) < 4.78 is 0. The maximum absolute atomic E-state index is 12.8. The van der Waals surface area contributed by atoms with Crippen molar-refractivity contribution in [2.24, 2.45) is 28.3 Å². The predicted octanol–water partition coefficient (Wildman–Crippen LogP) is 4.71. The Balaban J connectivity index is 2.02. The summed E-state index contributed by atoms with van der Waals surface area (Å²) in [6.45, 7) is 9.15. The second kappa shape index (κ2) is 7.91. The highest BCUT2D eigenvalue weighted by Gasteiger charge is 2.40. The molecule has 132 valence electrons. The molecule has 24 heavy (non-hydrogen) atoms. The lowest BCUT2D eigenvalue weighted by Crippen LogP contribution is -2.43. The molecule has 1 aromatic carbocycles. The lowest BCUT2D eigenvalue weighted by molar-refractivity contribution is -0.130. The van der Waals surface area contributed by atoms with Crippen LogP contribution in [0.2, 0.25) is 0 Å². The summed E-state index contributed by atoms with van der Waals surface area (Å²) in [4.78, 5) is 24.0. The van der Waals surface area contributed by atoms with Crippen molar-refractivity contribution in [3.05, 3.63) is 40.8 Å². The van der Waals surface area contributed by atoms with Crippen LogP contribution in [0.4, 0.5) is 0 Å². The molecule has 0 bridgehead atoms. The molecule has 0 spiro atoms. The highest BCUT2D eigenvalue weighted by molar-refractivity contribution is 5.79. The third-order valence-corrected chi connectivity index (χ3v) is 5.42. The van der Waals surface area contributed by atoms with E-state index in [1.54, 1.807) is 0 Å². The van der Waals surface area contributed by atoms with E-state index in [1.807, 2.05) is 30.3 Å². The van der Waals surface area contributed by atoms with Gasteiger partial charge in [0.05, 0.1) is 0 Å². The number of hydrogen-bond acceptors (Lipinski definition) is 3. The molecule has 1 N–H and O–H groups in total. The van der Waals surface area contributed by atoms with E-state index in [-0.39, 0.29) is 23.8 Å². The Morgan fingerprint density at radius 3 is 2.54 bits per heavy atom. The van der Waals surface area contributed by atoms with Crippen molar-refractivity contribution in [3.63, 3.8) is 0 Å². The fourth-order valence-electron chi connectivity index (χ4n) is 3.91.